The Labute approximate surface area is 132 Å². The maximum atomic E-state index is 12.4. The van der Waals surface area contributed by atoms with Crippen molar-refractivity contribution in [2.45, 2.75) is 12.0 Å². The maximum Gasteiger partial charge on any atom is 0.330 e. The van der Waals surface area contributed by atoms with Crippen LogP contribution in [0.2, 0.25) is 0 Å². The minimum absolute atomic E-state index is 0.348. The fourth-order valence-corrected chi connectivity index (χ4v) is 3.82. The lowest BCUT2D eigenvalue weighted by molar-refractivity contribution is -0.143. The zero-order valence-electron chi connectivity index (χ0n) is 11.9. The van der Waals surface area contributed by atoms with Crippen LogP contribution in [-0.4, -0.2) is 38.6 Å². The van der Waals surface area contributed by atoms with Gasteiger partial charge in [-0.15, -0.1) is 0 Å². The molecular weight excluding hydrogens is 300 g/mol. The molecule has 3 rings (SSSR count). The van der Waals surface area contributed by atoms with Crippen molar-refractivity contribution in [3.05, 3.63) is 54.4 Å². The number of carboxylic acids is 1. The van der Waals surface area contributed by atoms with Gasteiger partial charge in [0.25, 0.3) is 5.91 Å². The predicted octanol–water partition coefficient (Wildman–Crippen LogP) is 2.17. The van der Waals surface area contributed by atoms with Crippen LogP contribution < -0.4 is 5.32 Å². The molecule has 0 radical (unpaired) electrons. The van der Waals surface area contributed by atoms with Crippen LogP contribution in [0.25, 0.3) is 5.69 Å². The quantitative estimate of drug-likeness (QED) is 0.907. The largest absolute Gasteiger partial charge is 0.479 e. The number of amides is 1. The number of benzene rings is 1. The van der Waals surface area contributed by atoms with Gasteiger partial charge in [-0.1, -0.05) is 6.07 Å². The van der Waals surface area contributed by atoms with Gasteiger partial charge in [-0.25, -0.2) is 4.79 Å². The number of hydrogen-bond donors (Lipinski definition) is 2. The molecule has 0 spiro atoms. The third-order valence-corrected chi connectivity index (χ3v) is 4.98. The van der Waals surface area contributed by atoms with E-state index in [2.05, 4.69) is 5.32 Å². The van der Waals surface area contributed by atoms with Crippen LogP contribution in [0.3, 0.4) is 0 Å². The van der Waals surface area contributed by atoms with Crippen molar-refractivity contribution in [1.82, 2.24) is 9.88 Å². The smallest absolute Gasteiger partial charge is 0.330 e. The van der Waals surface area contributed by atoms with E-state index in [9.17, 15) is 14.7 Å². The van der Waals surface area contributed by atoms with E-state index in [0.29, 0.717) is 17.7 Å². The van der Waals surface area contributed by atoms with Gasteiger partial charge in [-0.05, 0) is 42.5 Å². The van der Waals surface area contributed by atoms with Crippen LogP contribution in [0.15, 0.2) is 48.8 Å². The SMILES string of the molecule is O=C(NC1(C(=O)O)CCSC1)c1cccc(-n2cccc2)c1. The molecule has 2 N–H and O–H groups in total. The third kappa shape index (κ3) is 2.74. The minimum Gasteiger partial charge on any atom is -0.479 e. The van der Waals surface area contributed by atoms with Crippen molar-refractivity contribution in [2.24, 2.45) is 0 Å². The molecule has 1 fully saturated rings. The first kappa shape index (κ1) is 14.7. The van der Waals surface area contributed by atoms with Crippen molar-refractivity contribution in [2.75, 3.05) is 11.5 Å². The lowest BCUT2D eigenvalue weighted by Gasteiger charge is -2.24. The normalized spacial score (nSPS) is 20.7. The Kier molecular flexibility index (Phi) is 3.94. The number of hydrogen-bond acceptors (Lipinski definition) is 3. The average molecular weight is 316 g/mol. The van der Waals surface area contributed by atoms with Crippen molar-refractivity contribution < 1.29 is 14.7 Å². The standard InChI is InChI=1S/C16H16N2O3S/c19-14(17-16(15(20)21)6-9-22-11-16)12-4-3-5-13(10-12)18-7-1-2-8-18/h1-5,7-8,10H,6,9,11H2,(H,17,19)(H,20,21). The van der Waals surface area contributed by atoms with Crippen LogP contribution in [-0.2, 0) is 4.79 Å². The molecule has 1 aliphatic rings. The number of rotatable bonds is 4. The zero-order chi connectivity index (χ0) is 15.6. The van der Waals surface area contributed by atoms with E-state index >= 15 is 0 Å². The first-order valence-corrected chi connectivity index (χ1v) is 8.13. The number of carboxylic acid groups (broad SMARTS) is 1. The molecule has 0 aliphatic carbocycles. The summed E-state index contributed by atoms with van der Waals surface area (Å²) in [6.45, 7) is 0. The molecular formula is C16H16N2O3S. The van der Waals surface area contributed by atoms with Crippen LogP contribution >= 0.6 is 11.8 Å². The molecule has 2 aromatic rings. The van der Waals surface area contributed by atoms with Gasteiger partial charge in [0.15, 0.2) is 0 Å². The summed E-state index contributed by atoms with van der Waals surface area (Å²) in [5, 5.41) is 12.1. The zero-order valence-corrected chi connectivity index (χ0v) is 12.7. The molecule has 1 atom stereocenters. The number of nitrogens with one attached hydrogen (secondary N) is 1. The Morgan fingerprint density at radius 1 is 1.23 bits per heavy atom. The number of nitrogens with zero attached hydrogens (tertiary/aromatic N) is 1. The van der Waals surface area contributed by atoms with Crippen LogP contribution in [0, 0.1) is 0 Å². The summed E-state index contributed by atoms with van der Waals surface area (Å²) >= 11 is 1.55. The van der Waals surface area contributed by atoms with Crippen molar-refractivity contribution in [3.63, 3.8) is 0 Å². The van der Waals surface area contributed by atoms with Crippen LogP contribution in [0.1, 0.15) is 16.8 Å². The van der Waals surface area contributed by atoms with E-state index in [1.165, 1.54) is 0 Å². The Balaban J connectivity index is 1.83. The summed E-state index contributed by atoms with van der Waals surface area (Å²) < 4.78 is 1.90. The molecule has 1 unspecified atom stereocenters. The first-order chi connectivity index (χ1) is 10.6. The van der Waals surface area contributed by atoms with E-state index in [1.807, 2.05) is 35.2 Å². The van der Waals surface area contributed by atoms with E-state index in [-0.39, 0.29) is 5.91 Å². The average Bonchev–Trinajstić information content (AvgIpc) is 3.19. The van der Waals surface area contributed by atoms with Gasteiger partial charge in [0, 0.05) is 29.4 Å². The summed E-state index contributed by atoms with van der Waals surface area (Å²) in [5.41, 5.74) is 0.178. The highest BCUT2D eigenvalue weighted by atomic mass is 32.2. The van der Waals surface area contributed by atoms with Crippen molar-refractivity contribution in [1.29, 1.82) is 0 Å². The van der Waals surface area contributed by atoms with E-state index in [0.717, 1.165) is 11.4 Å². The van der Waals surface area contributed by atoms with Gasteiger partial charge in [0.1, 0.15) is 5.54 Å². The summed E-state index contributed by atoms with van der Waals surface area (Å²) in [5.74, 6) is -0.159. The molecule has 1 aromatic carbocycles. The molecule has 1 aliphatic heterocycles. The van der Waals surface area contributed by atoms with Gasteiger partial charge >= 0.3 is 5.97 Å². The number of aliphatic carboxylic acids is 1. The van der Waals surface area contributed by atoms with Gasteiger partial charge in [-0.2, -0.15) is 11.8 Å². The highest BCUT2D eigenvalue weighted by molar-refractivity contribution is 7.99. The van der Waals surface area contributed by atoms with Crippen LogP contribution in [0.4, 0.5) is 0 Å². The minimum atomic E-state index is -1.15. The Morgan fingerprint density at radius 2 is 2.00 bits per heavy atom. The second kappa shape index (κ2) is 5.88. The van der Waals surface area contributed by atoms with Crippen molar-refractivity contribution in [3.8, 4) is 5.69 Å². The Morgan fingerprint density at radius 3 is 2.64 bits per heavy atom. The molecule has 22 heavy (non-hydrogen) atoms. The molecule has 1 aromatic heterocycles. The second-order valence-corrected chi connectivity index (χ2v) is 6.39. The number of carbonyl (C=O) groups excluding carboxylic acids is 1. The Bertz CT molecular complexity index is 691. The maximum absolute atomic E-state index is 12.4. The van der Waals surface area contributed by atoms with E-state index in [1.54, 1.807) is 30.0 Å². The predicted molar refractivity (Wildman–Crippen MR) is 85.5 cm³/mol. The fraction of sp³-hybridized carbons (Fsp3) is 0.250. The van der Waals surface area contributed by atoms with Gasteiger partial charge in [-0.3, -0.25) is 4.79 Å². The highest BCUT2D eigenvalue weighted by Crippen LogP contribution is 2.28. The summed E-state index contributed by atoms with van der Waals surface area (Å²) in [7, 11) is 0. The molecule has 0 bridgehead atoms. The molecule has 114 valence electrons. The fourth-order valence-electron chi connectivity index (χ4n) is 2.49. The number of aromatic nitrogens is 1. The number of carbonyl (C=O) groups is 2. The second-order valence-electron chi connectivity index (χ2n) is 5.28. The monoisotopic (exact) mass is 316 g/mol. The highest BCUT2D eigenvalue weighted by Gasteiger charge is 2.43. The lowest BCUT2D eigenvalue weighted by atomic mass is 9.98. The van der Waals surface area contributed by atoms with E-state index < -0.39 is 11.5 Å². The topological polar surface area (TPSA) is 71.3 Å². The molecule has 2 heterocycles. The number of thioether (sulfide) groups is 1. The first-order valence-electron chi connectivity index (χ1n) is 6.98. The van der Waals surface area contributed by atoms with Gasteiger partial charge in [0.05, 0.1) is 0 Å². The molecule has 6 heteroatoms. The summed E-state index contributed by atoms with van der Waals surface area (Å²) in [4.78, 5) is 24.0. The van der Waals surface area contributed by atoms with Gasteiger partial charge < -0.3 is 15.0 Å². The molecule has 0 saturated carbocycles. The third-order valence-electron chi connectivity index (χ3n) is 3.79. The summed E-state index contributed by atoms with van der Waals surface area (Å²) in [6, 6.07) is 11.0. The Hall–Kier alpha value is -2.21. The molecule has 5 nitrogen and oxygen atoms in total. The molecule has 1 saturated heterocycles. The van der Waals surface area contributed by atoms with Crippen LogP contribution in [0.5, 0.6) is 0 Å². The van der Waals surface area contributed by atoms with Gasteiger partial charge in [0.2, 0.25) is 0 Å². The van der Waals surface area contributed by atoms with E-state index in [4.69, 9.17) is 0 Å². The van der Waals surface area contributed by atoms with Crippen molar-refractivity contribution >= 4 is 23.6 Å². The summed E-state index contributed by atoms with van der Waals surface area (Å²) in [6.07, 6.45) is 4.24. The lowest BCUT2D eigenvalue weighted by Crippen LogP contribution is -2.54. The molecule has 1 amide bonds.